The van der Waals surface area contributed by atoms with Crippen LogP contribution in [0.5, 0.6) is 0 Å². The molecule has 0 radical (unpaired) electrons. The predicted octanol–water partition coefficient (Wildman–Crippen LogP) is 1.24. The van der Waals surface area contributed by atoms with Crippen LogP contribution in [0.15, 0.2) is 0 Å². The Morgan fingerprint density at radius 1 is 1.41 bits per heavy atom. The molecule has 2 fully saturated rings. The maximum atomic E-state index is 6.13. The molecule has 0 spiro atoms. The first-order valence-corrected chi connectivity index (χ1v) is 8.10. The second-order valence-electron chi connectivity index (χ2n) is 5.60. The summed E-state index contributed by atoms with van der Waals surface area (Å²) >= 11 is 2.08. The van der Waals surface area contributed by atoms with Crippen LogP contribution < -0.4 is 5.73 Å². The minimum atomic E-state index is 0.302. The Balaban J connectivity index is 2.15. The van der Waals surface area contributed by atoms with Gasteiger partial charge in [-0.2, -0.15) is 11.8 Å². The number of hydrogen-bond donors (Lipinski definition) is 1. The van der Waals surface area contributed by atoms with Gasteiger partial charge in [0.25, 0.3) is 0 Å². The van der Waals surface area contributed by atoms with Crippen LogP contribution in [0.3, 0.4) is 0 Å². The van der Waals surface area contributed by atoms with Crippen molar-refractivity contribution in [3.8, 4) is 0 Å². The number of thioether (sulfide) groups is 1. The van der Waals surface area contributed by atoms with Crippen LogP contribution in [0.4, 0.5) is 0 Å². The summed E-state index contributed by atoms with van der Waals surface area (Å²) in [6.07, 6.45) is 3.82. The van der Waals surface area contributed by atoms with Crippen molar-refractivity contribution in [2.24, 2.45) is 5.73 Å². The van der Waals surface area contributed by atoms with Crippen LogP contribution in [0.25, 0.3) is 0 Å². The second-order valence-corrected chi connectivity index (χ2v) is 6.71. The fraction of sp³-hybridized carbons (Fsp3) is 1.00. The molecule has 0 saturated carbocycles. The van der Waals surface area contributed by atoms with Crippen molar-refractivity contribution in [2.45, 2.75) is 37.8 Å². The number of nitrogens with zero attached hydrogens (tertiary/aromatic N) is 2. The molecule has 2 rings (SSSR count). The van der Waals surface area contributed by atoms with Gasteiger partial charge in [-0.3, -0.25) is 4.90 Å². The largest absolute Gasteiger partial charge is 0.329 e. The van der Waals surface area contributed by atoms with Crippen molar-refractivity contribution >= 4 is 11.8 Å². The molecular weight excluding hydrogens is 230 g/mol. The zero-order valence-electron chi connectivity index (χ0n) is 11.3. The van der Waals surface area contributed by atoms with Crippen LogP contribution in [0, 0.1) is 0 Å². The van der Waals surface area contributed by atoms with E-state index in [4.69, 9.17) is 5.73 Å². The van der Waals surface area contributed by atoms with E-state index >= 15 is 0 Å². The Morgan fingerprint density at radius 2 is 2.24 bits per heavy atom. The number of likely N-dealkylation sites (N-methyl/N-ethyl adjacent to an activating group) is 1. The van der Waals surface area contributed by atoms with Gasteiger partial charge in [0, 0.05) is 37.0 Å². The highest BCUT2D eigenvalue weighted by Crippen LogP contribution is 2.35. The average molecular weight is 257 g/mol. The van der Waals surface area contributed by atoms with Crippen LogP contribution in [0.2, 0.25) is 0 Å². The monoisotopic (exact) mass is 257 g/mol. The number of nitrogens with two attached hydrogens (primary N) is 1. The van der Waals surface area contributed by atoms with Gasteiger partial charge >= 0.3 is 0 Å². The highest BCUT2D eigenvalue weighted by molar-refractivity contribution is 7.99. The maximum Gasteiger partial charge on any atom is 0.0433 e. The smallest absolute Gasteiger partial charge is 0.0433 e. The fourth-order valence-corrected chi connectivity index (χ4v) is 4.79. The average Bonchev–Trinajstić information content (AvgIpc) is 2.74. The lowest BCUT2D eigenvalue weighted by atomic mass is 9.93. The van der Waals surface area contributed by atoms with Crippen LogP contribution in [-0.4, -0.2) is 66.1 Å². The van der Waals surface area contributed by atoms with E-state index in [2.05, 4.69) is 35.5 Å². The van der Waals surface area contributed by atoms with E-state index in [-0.39, 0.29) is 0 Å². The van der Waals surface area contributed by atoms with E-state index < -0.39 is 0 Å². The molecule has 0 aromatic rings. The zero-order chi connectivity index (χ0) is 12.3. The molecule has 2 N–H and O–H groups in total. The first-order valence-electron chi connectivity index (χ1n) is 6.95. The summed E-state index contributed by atoms with van der Waals surface area (Å²) in [7, 11) is 2.25. The lowest BCUT2D eigenvalue weighted by Gasteiger charge is -2.44. The predicted molar refractivity (Wildman–Crippen MR) is 76.6 cm³/mol. The van der Waals surface area contributed by atoms with Crippen molar-refractivity contribution in [1.82, 2.24) is 9.80 Å². The van der Waals surface area contributed by atoms with Crippen molar-refractivity contribution in [3.63, 3.8) is 0 Å². The van der Waals surface area contributed by atoms with Gasteiger partial charge in [-0.05, 0) is 38.6 Å². The first-order chi connectivity index (χ1) is 8.22. The van der Waals surface area contributed by atoms with Gasteiger partial charge < -0.3 is 10.6 Å². The Kier molecular flexibility index (Phi) is 4.75. The molecule has 0 aromatic heterocycles. The summed E-state index contributed by atoms with van der Waals surface area (Å²) in [6.45, 7) is 6.84. The molecule has 0 aliphatic carbocycles. The van der Waals surface area contributed by atoms with E-state index in [1.54, 1.807) is 0 Å². The molecule has 2 heterocycles. The highest BCUT2D eigenvalue weighted by Gasteiger charge is 2.42. The quantitative estimate of drug-likeness (QED) is 0.824. The summed E-state index contributed by atoms with van der Waals surface area (Å²) in [6, 6.07) is 0.699. The third-order valence-electron chi connectivity index (χ3n) is 4.45. The molecular formula is C13H27N3S. The molecule has 3 nitrogen and oxygen atoms in total. The van der Waals surface area contributed by atoms with Gasteiger partial charge in [0.2, 0.25) is 0 Å². The molecule has 0 bridgehead atoms. The molecule has 2 unspecified atom stereocenters. The number of rotatable bonds is 3. The van der Waals surface area contributed by atoms with Crippen LogP contribution in [-0.2, 0) is 0 Å². The minimum Gasteiger partial charge on any atom is -0.329 e. The van der Waals surface area contributed by atoms with Crippen molar-refractivity contribution in [1.29, 1.82) is 0 Å². The SMILES string of the molecule is CCC1CN(C)CCCN1C1(CN)CCSC1. The number of hydrogen-bond acceptors (Lipinski definition) is 4. The lowest BCUT2D eigenvalue weighted by molar-refractivity contribution is 0.0651. The zero-order valence-corrected chi connectivity index (χ0v) is 12.1. The fourth-order valence-electron chi connectivity index (χ4n) is 3.32. The Hall–Kier alpha value is 0.230. The van der Waals surface area contributed by atoms with E-state index in [1.807, 2.05) is 0 Å². The topological polar surface area (TPSA) is 32.5 Å². The van der Waals surface area contributed by atoms with Crippen molar-refractivity contribution in [3.05, 3.63) is 0 Å². The second kappa shape index (κ2) is 5.91. The Labute approximate surface area is 110 Å². The summed E-state index contributed by atoms with van der Waals surface area (Å²) in [4.78, 5) is 5.25. The summed E-state index contributed by atoms with van der Waals surface area (Å²) in [5.74, 6) is 2.53. The van der Waals surface area contributed by atoms with Crippen molar-refractivity contribution < 1.29 is 0 Å². The third-order valence-corrected chi connectivity index (χ3v) is 5.68. The summed E-state index contributed by atoms with van der Waals surface area (Å²) in [5.41, 5.74) is 6.44. The Bertz CT molecular complexity index is 241. The normalized spacial score (nSPS) is 37.2. The molecule has 0 amide bonds. The van der Waals surface area contributed by atoms with Crippen LogP contribution in [0.1, 0.15) is 26.2 Å². The van der Waals surface area contributed by atoms with Gasteiger partial charge in [0.1, 0.15) is 0 Å². The van der Waals surface area contributed by atoms with E-state index in [0.717, 1.165) is 6.54 Å². The van der Waals surface area contributed by atoms with E-state index in [0.29, 0.717) is 11.6 Å². The standard InChI is InChI=1S/C13H27N3S/c1-3-12-9-15(2)6-4-7-16(12)13(10-14)5-8-17-11-13/h12H,3-11,14H2,1-2H3. The van der Waals surface area contributed by atoms with Gasteiger partial charge in [-0.15, -0.1) is 0 Å². The molecule has 2 atom stereocenters. The molecule has 2 aliphatic rings. The van der Waals surface area contributed by atoms with Gasteiger partial charge in [-0.1, -0.05) is 6.92 Å². The van der Waals surface area contributed by atoms with Crippen molar-refractivity contribution in [2.75, 3.05) is 44.7 Å². The highest BCUT2D eigenvalue weighted by atomic mass is 32.2. The van der Waals surface area contributed by atoms with E-state index in [9.17, 15) is 0 Å². The molecule has 0 aromatic carbocycles. The van der Waals surface area contributed by atoms with Gasteiger partial charge in [0.15, 0.2) is 0 Å². The minimum absolute atomic E-state index is 0.302. The molecule has 17 heavy (non-hydrogen) atoms. The van der Waals surface area contributed by atoms with Gasteiger partial charge in [-0.25, -0.2) is 0 Å². The van der Waals surface area contributed by atoms with E-state index in [1.165, 1.54) is 50.4 Å². The Morgan fingerprint density at radius 3 is 2.82 bits per heavy atom. The molecule has 4 heteroatoms. The molecule has 100 valence electrons. The van der Waals surface area contributed by atoms with Crippen LogP contribution >= 0.6 is 11.8 Å². The summed E-state index contributed by atoms with van der Waals surface area (Å²) in [5, 5.41) is 0. The lowest BCUT2D eigenvalue weighted by Crippen LogP contribution is -2.59. The third kappa shape index (κ3) is 2.80. The first kappa shape index (κ1) is 13.7. The van der Waals surface area contributed by atoms with Gasteiger partial charge in [0.05, 0.1) is 0 Å². The molecule has 2 saturated heterocycles. The maximum absolute atomic E-state index is 6.13. The molecule has 2 aliphatic heterocycles. The summed E-state index contributed by atoms with van der Waals surface area (Å²) < 4.78 is 0.